The average Bonchev–Trinajstić information content (AvgIpc) is 2.83. The van der Waals surface area contributed by atoms with Crippen LogP contribution in [0.3, 0.4) is 0 Å². The van der Waals surface area contributed by atoms with Crippen LogP contribution in [0.2, 0.25) is 0 Å². The molecule has 4 aromatic carbocycles. The van der Waals surface area contributed by atoms with Gasteiger partial charge in [-0.1, -0.05) is 121 Å². The van der Waals surface area contributed by atoms with Gasteiger partial charge in [-0.25, -0.2) is 0 Å². The Morgan fingerprint density at radius 1 is 0.433 bits per heavy atom. The van der Waals surface area contributed by atoms with E-state index in [1.807, 2.05) is 0 Å². The maximum Gasteiger partial charge on any atom is 0.0184 e. The van der Waals surface area contributed by atoms with E-state index in [2.05, 4.69) is 121 Å². The zero-order valence-corrected chi connectivity index (χ0v) is 17.3. The van der Waals surface area contributed by atoms with Crippen molar-refractivity contribution in [3.63, 3.8) is 0 Å². The van der Waals surface area contributed by atoms with Gasteiger partial charge in [-0.3, -0.25) is 0 Å². The third kappa shape index (κ3) is 5.06. The smallest absolute Gasteiger partial charge is 0.0184 e. The quantitative estimate of drug-likeness (QED) is 0.371. The Hall–Kier alpha value is -3.16. The second-order valence-electron chi connectivity index (χ2n) is 7.99. The topological polar surface area (TPSA) is 26.0 Å². The number of benzene rings is 4. The molecule has 0 amide bonds. The standard InChI is InChI=1S/C29H29N/c30-29(27(25-17-9-3-10-18-25)21-23-13-5-1-6-14-23)28(26-19-11-4-12-20-26)22-24-15-7-2-8-16-24/h1-20,27-29H,21-22,30H2. The van der Waals surface area contributed by atoms with Crippen LogP contribution in [0.4, 0.5) is 0 Å². The maximum absolute atomic E-state index is 7.12. The van der Waals surface area contributed by atoms with E-state index >= 15 is 0 Å². The summed E-state index contributed by atoms with van der Waals surface area (Å²) in [5, 5.41) is 0. The van der Waals surface area contributed by atoms with Crippen molar-refractivity contribution in [1.82, 2.24) is 0 Å². The fraction of sp³-hybridized carbons (Fsp3) is 0.172. The highest BCUT2D eigenvalue weighted by Crippen LogP contribution is 2.34. The monoisotopic (exact) mass is 391 g/mol. The van der Waals surface area contributed by atoms with Crippen LogP contribution in [-0.4, -0.2) is 6.04 Å². The lowest BCUT2D eigenvalue weighted by Crippen LogP contribution is -2.37. The average molecular weight is 392 g/mol. The zero-order chi connectivity index (χ0) is 20.6. The minimum absolute atomic E-state index is 0.00443. The number of hydrogen-bond donors (Lipinski definition) is 1. The van der Waals surface area contributed by atoms with Gasteiger partial charge in [-0.2, -0.15) is 0 Å². The first-order chi connectivity index (χ1) is 14.8. The van der Waals surface area contributed by atoms with E-state index in [4.69, 9.17) is 5.73 Å². The van der Waals surface area contributed by atoms with Crippen LogP contribution in [0.5, 0.6) is 0 Å². The van der Waals surface area contributed by atoms with Gasteiger partial charge >= 0.3 is 0 Å². The predicted octanol–water partition coefficient (Wildman–Crippen LogP) is 6.37. The Labute approximate surface area is 180 Å². The molecule has 0 spiro atoms. The summed E-state index contributed by atoms with van der Waals surface area (Å²) < 4.78 is 0. The Morgan fingerprint density at radius 2 is 0.733 bits per heavy atom. The minimum Gasteiger partial charge on any atom is -0.327 e. The van der Waals surface area contributed by atoms with E-state index in [1.54, 1.807) is 0 Å². The first-order valence-electron chi connectivity index (χ1n) is 10.7. The highest BCUT2D eigenvalue weighted by Gasteiger charge is 2.29. The Bertz CT molecular complexity index is 912. The summed E-state index contributed by atoms with van der Waals surface area (Å²) in [6, 6.07) is 42.9. The fourth-order valence-corrected chi connectivity index (χ4v) is 4.37. The molecule has 0 saturated heterocycles. The molecule has 0 fully saturated rings. The van der Waals surface area contributed by atoms with Crippen molar-refractivity contribution in [2.75, 3.05) is 0 Å². The summed E-state index contributed by atoms with van der Waals surface area (Å²) in [5.41, 5.74) is 12.4. The van der Waals surface area contributed by atoms with Crippen LogP contribution < -0.4 is 5.73 Å². The van der Waals surface area contributed by atoms with Gasteiger partial charge in [-0.15, -0.1) is 0 Å². The molecule has 0 radical (unpaired) electrons. The largest absolute Gasteiger partial charge is 0.327 e. The molecule has 0 heterocycles. The lowest BCUT2D eigenvalue weighted by atomic mass is 9.75. The summed E-state index contributed by atoms with van der Waals surface area (Å²) in [4.78, 5) is 0. The first-order valence-corrected chi connectivity index (χ1v) is 10.7. The molecule has 0 aliphatic carbocycles. The van der Waals surface area contributed by atoms with E-state index in [0.717, 1.165) is 12.8 Å². The molecule has 2 unspecified atom stereocenters. The molecule has 0 aliphatic heterocycles. The van der Waals surface area contributed by atoms with E-state index < -0.39 is 0 Å². The highest BCUT2D eigenvalue weighted by atomic mass is 14.7. The number of nitrogens with two attached hydrogens (primary N) is 1. The van der Waals surface area contributed by atoms with Gasteiger partial charge in [0.15, 0.2) is 0 Å². The van der Waals surface area contributed by atoms with Crippen LogP contribution in [-0.2, 0) is 12.8 Å². The molecule has 30 heavy (non-hydrogen) atoms. The molecule has 2 atom stereocenters. The van der Waals surface area contributed by atoms with Crippen LogP contribution in [0.1, 0.15) is 34.1 Å². The molecule has 2 N–H and O–H groups in total. The molecular formula is C29H29N. The third-order valence-corrected chi connectivity index (χ3v) is 5.98. The summed E-state index contributed by atoms with van der Waals surface area (Å²) in [6.45, 7) is 0. The second-order valence-corrected chi connectivity index (χ2v) is 7.99. The van der Waals surface area contributed by atoms with Crippen molar-refractivity contribution >= 4 is 0 Å². The third-order valence-electron chi connectivity index (χ3n) is 5.98. The molecule has 0 aliphatic rings. The van der Waals surface area contributed by atoms with Crippen molar-refractivity contribution in [3.05, 3.63) is 144 Å². The second kappa shape index (κ2) is 10.0. The Kier molecular flexibility index (Phi) is 6.74. The first kappa shape index (κ1) is 20.1. The Morgan fingerprint density at radius 3 is 1.07 bits per heavy atom. The van der Waals surface area contributed by atoms with Crippen molar-refractivity contribution in [3.8, 4) is 0 Å². The van der Waals surface area contributed by atoms with Gasteiger partial charge in [0.1, 0.15) is 0 Å². The molecular weight excluding hydrogens is 362 g/mol. The van der Waals surface area contributed by atoms with Gasteiger partial charge in [0.2, 0.25) is 0 Å². The summed E-state index contributed by atoms with van der Waals surface area (Å²) >= 11 is 0. The molecule has 0 saturated carbocycles. The van der Waals surface area contributed by atoms with E-state index in [-0.39, 0.29) is 17.9 Å². The number of rotatable bonds is 8. The summed E-state index contributed by atoms with van der Waals surface area (Å²) in [7, 11) is 0. The van der Waals surface area contributed by atoms with Crippen LogP contribution in [0.15, 0.2) is 121 Å². The lowest BCUT2D eigenvalue weighted by Gasteiger charge is -2.32. The van der Waals surface area contributed by atoms with E-state index in [9.17, 15) is 0 Å². The van der Waals surface area contributed by atoms with Crippen LogP contribution in [0, 0.1) is 0 Å². The molecule has 0 aromatic heterocycles. The predicted molar refractivity (Wildman–Crippen MR) is 127 cm³/mol. The van der Waals surface area contributed by atoms with Gasteiger partial charge in [0, 0.05) is 17.9 Å². The molecule has 1 heteroatoms. The van der Waals surface area contributed by atoms with Gasteiger partial charge in [0.05, 0.1) is 0 Å². The number of hydrogen-bond acceptors (Lipinski definition) is 1. The van der Waals surface area contributed by atoms with Crippen molar-refractivity contribution in [1.29, 1.82) is 0 Å². The minimum atomic E-state index is -0.00443. The highest BCUT2D eigenvalue weighted by molar-refractivity contribution is 5.31. The van der Waals surface area contributed by atoms with E-state index in [1.165, 1.54) is 22.3 Å². The van der Waals surface area contributed by atoms with Crippen LogP contribution >= 0.6 is 0 Å². The summed E-state index contributed by atoms with van der Waals surface area (Å²) in [5.74, 6) is 0.477. The van der Waals surface area contributed by atoms with Crippen molar-refractivity contribution in [2.24, 2.45) is 5.73 Å². The molecule has 150 valence electrons. The van der Waals surface area contributed by atoms with Gasteiger partial charge in [0.25, 0.3) is 0 Å². The molecule has 4 rings (SSSR count). The zero-order valence-electron chi connectivity index (χ0n) is 17.3. The Balaban J connectivity index is 1.70. The SMILES string of the molecule is NC(C(Cc1ccccc1)c1ccccc1)C(Cc1ccccc1)c1ccccc1. The molecule has 1 nitrogen and oxygen atoms in total. The van der Waals surface area contributed by atoms with Gasteiger partial charge in [-0.05, 0) is 35.1 Å². The molecule has 4 aromatic rings. The van der Waals surface area contributed by atoms with Crippen molar-refractivity contribution in [2.45, 2.75) is 30.7 Å². The normalized spacial score (nSPS) is 14.0. The maximum atomic E-state index is 7.12. The summed E-state index contributed by atoms with van der Waals surface area (Å²) in [6.07, 6.45) is 1.87. The fourth-order valence-electron chi connectivity index (χ4n) is 4.37. The van der Waals surface area contributed by atoms with Crippen LogP contribution in [0.25, 0.3) is 0 Å². The van der Waals surface area contributed by atoms with Gasteiger partial charge < -0.3 is 5.73 Å². The van der Waals surface area contributed by atoms with Crippen molar-refractivity contribution < 1.29 is 0 Å². The lowest BCUT2D eigenvalue weighted by molar-refractivity contribution is 0.442. The van der Waals surface area contributed by atoms with E-state index in [0.29, 0.717) is 0 Å². The molecule has 0 bridgehead atoms.